The average molecular weight is 245 g/mol. The lowest BCUT2D eigenvalue weighted by Crippen LogP contribution is -2.06. The fourth-order valence-corrected chi connectivity index (χ4v) is 1.72. The molecular weight excluding hydrogens is 222 g/mol. The van der Waals surface area contributed by atoms with Crippen LogP contribution in [0.1, 0.15) is 34.1 Å². The van der Waals surface area contributed by atoms with Crippen molar-refractivity contribution in [1.29, 1.82) is 0 Å². The highest BCUT2D eigenvalue weighted by Gasteiger charge is 2.11. The number of hydrogen-bond acceptors (Lipinski definition) is 2. The third-order valence-corrected chi connectivity index (χ3v) is 2.52. The molecule has 0 aliphatic carbocycles. The number of hydrogen-bond donors (Lipinski definition) is 1. The SMILES string of the molecule is C\C=C(/C=C\C(=C/N)CC(C)(C)C)n1ccnc1. The molecule has 0 saturated carbocycles. The highest BCUT2D eigenvalue weighted by Crippen LogP contribution is 2.24. The van der Waals surface area contributed by atoms with E-state index >= 15 is 0 Å². The van der Waals surface area contributed by atoms with Gasteiger partial charge in [-0.2, -0.15) is 0 Å². The lowest BCUT2D eigenvalue weighted by molar-refractivity contribution is 0.413. The van der Waals surface area contributed by atoms with Crippen LogP contribution in [0.4, 0.5) is 0 Å². The van der Waals surface area contributed by atoms with E-state index in [0.29, 0.717) is 0 Å². The second-order valence-corrected chi connectivity index (χ2v) is 5.50. The lowest BCUT2D eigenvalue weighted by Gasteiger charge is -2.18. The quantitative estimate of drug-likeness (QED) is 0.824. The molecule has 0 fully saturated rings. The summed E-state index contributed by atoms with van der Waals surface area (Å²) in [7, 11) is 0. The molecule has 0 aromatic carbocycles. The van der Waals surface area contributed by atoms with Crippen molar-refractivity contribution in [2.24, 2.45) is 11.1 Å². The largest absolute Gasteiger partial charge is 0.404 e. The van der Waals surface area contributed by atoms with Crippen LogP contribution in [-0.4, -0.2) is 9.55 Å². The second kappa shape index (κ2) is 6.24. The Balaban J connectivity index is 2.79. The number of rotatable bonds is 4. The molecule has 0 atom stereocenters. The summed E-state index contributed by atoms with van der Waals surface area (Å²) in [6, 6.07) is 0. The van der Waals surface area contributed by atoms with Gasteiger partial charge in [0.25, 0.3) is 0 Å². The molecule has 0 saturated heterocycles. The Hall–Kier alpha value is -1.77. The van der Waals surface area contributed by atoms with Gasteiger partial charge in [0.05, 0.1) is 6.33 Å². The molecule has 1 aromatic heterocycles. The Kier molecular flexibility index (Phi) is 4.95. The van der Waals surface area contributed by atoms with Crippen LogP contribution in [0.2, 0.25) is 0 Å². The van der Waals surface area contributed by atoms with Gasteiger partial charge in [0, 0.05) is 18.1 Å². The van der Waals surface area contributed by atoms with Crippen molar-refractivity contribution in [1.82, 2.24) is 9.55 Å². The van der Waals surface area contributed by atoms with E-state index in [1.54, 1.807) is 18.7 Å². The Morgan fingerprint density at radius 1 is 1.33 bits per heavy atom. The maximum Gasteiger partial charge on any atom is 0.0991 e. The number of nitrogens with two attached hydrogens (primary N) is 1. The summed E-state index contributed by atoms with van der Waals surface area (Å²) in [5.74, 6) is 0. The molecule has 0 bridgehead atoms. The molecule has 18 heavy (non-hydrogen) atoms. The summed E-state index contributed by atoms with van der Waals surface area (Å²) < 4.78 is 1.97. The van der Waals surface area contributed by atoms with Crippen molar-refractivity contribution in [3.63, 3.8) is 0 Å². The number of imidazole rings is 1. The highest BCUT2D eigenvalue weighted by atomic mass is 15.0. The maximum atomic E-state index is 5.67. The summed E-state index contributed by atoms with van der Waals surface area (Å²) >= 11 is 0. The zero-order valence-corrected chi connectivity index (χ0v) is 11.7. The van der Waals surface area contributed by atoms with Crippen LogP contribution >= 0.6 is 0 Å². The van der Waals surface area contributed by atoms with Gasteiger partial charge in [-0.1, -0.05) is 32.9 Å². The van der Waals surface area contributed by atoms with E-state index in [2.05, 4.69) is 37.9 Å². The third kappa shape index (κ3) is 4.62. The van der Waals surface area contributed by atoms with Gasteiger partial charge in [-0.25, -0.2) is 4.98 Å². The first kappa shape index (κ1) is 14.3. The van der Waals surface area contributed by atoms with Gasteiger partial charge in [-0.05, 0) is 36.6 Å². The topological polar surface area (TPSA) is 43.8 Å². The average Bonchev–Trinajstić information content (AvgIpc) is 2.80. The van der Waals surface area contributed by atoms with E-state index in [-0.39, 0.29) is 5.41 Å². The second-order valence-electron chi connectivity index (χ2n) is 5.50. The molecule has 0 spiro atoms. The van der Waals surface area contributed by atoms with Gasteiger partial charge in [-0.15, -0.1) is 0 Å². The molecule has 0 aliphatic rings. The van der Waals surface area contributed by atoms with Crippen molar-refractivity contribution in [3.8, 4) is 0 Å². The lowest BCUT2D eigenvalue weighted by atomic mass is 9.88. The first-order valence-electron chi connectivity index (χ1n) is 6.20. The Morgan fingerprint density at radius 2 is 2.06 bits per heavy atom. The van der Waals surface area contributed by atoms with E-state index < -0.39 is 0 Å². The van der Waals surface area contributed by atoms with E-state index in [4.69, 9.17) is 5.73 Å². The number of allylic oxidation sites excluding steroid dienone is 5. The predicted octanol–water partition coefficient (Wildman–Crippen LogP) is 3.58. The maximum absolute atomic E-state index is 5.67. The molecule has 3 nitrogen and oxygen atoms in total. The fraction of sp³-hybridized carbons (Fsp3) is 0.400. The summed E-state index contributed by atoms with van der Waals surface area (Å²) in [4.78, 5) is 4.05. The van der Waals surface area contributed by atoms with Crippen molar-refractivity contribution in [2.45, 2.75) is 34.1 Å². The molecule has 1 rings (SSSR count). The van der Waals surface area contributed by atoms with E-state index in [0.717, 1.165) is 17.7 Å². The Bertz CT molecular complexity index is 443. The van der Waals surface area contributed by atoms with Crippen molar-refractivity contribution in [3.05, 3.63) is 48.7 Å². The molecule has 2 N–H and O–H groups in total. The summed E-state index contributed by atoms with van der Waals surface area (Å²) in [6.45, 7) is 8.62. The highest BCUT2D eigenvalue weighted by molar-refractivity contribution is 5.57. The molecule has 0 amide bonds. The standard InChI is InChI=1S/C15H23N3/c1-5-14(18-9-8-17-12-18)7-6-13(11-16)10-15(2,3)4/h5-9,11-12H,10,16H2,1-4H3/b7-6-,13-11+,14-5+. The normalized spacial score (nSPS) is 14.4. The molecular formula is C15H23N3. The van der Waals surface area contributed by atoms with Crippen molar-refractivity contribution >= 4 is 5.70 Å². The van der Waals surface area contributed by atoms with Crippen LogP contribution in [0, 0.1) is 5.41 Å². The predicted molar refractivity (Wildman–Crippen MR) is 77.7 cm³/mol. The molecule has 3 heteroatoms. The molecule has 0 unspecified atom stereocenters. The van der Waals surface area contributed by atoms with Gasteiger partial charge in [-0.3, -0.25) is 0 Å². The summed E-state index contributed by atoms with van der Waals surface area (Å²) in [6.07, 6.45) is 14.3. The van der Waals surface area contributed by atoms with Gasteiger partial charge >= 0.3 is 0 Å². The Labute approximate surface area is 110 Å². The van der Waals surface area contributed by atoms with E-state index in [9.17, 15) is 0 Å². The molecule has 98 valence electrons. The molecule has 0 aliphatic heterocycles. The minimum Gasteiger partial charge on any atom is -0.404 e. The van der Waals surface area contributed by atoms with Gasteiger partial charge < -0.3 is 10.3 Å². The monoisotopic (exact) mass is 245 g/mol. The molecule has 0 radical (unpaired) electrons. The van der Waals surface area contributed by atoms with Crippen LogP contribution in [0.15, 0.2) is 48.7 Å². The van der Waals surface area contributed by atoms with Gasteiger partial charge in [0.15, 0.2) is 0 Å². The van der Waals surface area contributed by atoms with Crippen LogP contribution in [0.3, 0.4) is 0 Å². The molecule has 1 aromatic rings. The van der Waals surface area contributed by atoms with Gasteiger partial charge in [0.1, 0.15) is 0 Å². The zero-order valence-electron chi connectivity index (χ0n) is 11.7. The van der Waals surface area contributed by atoms with E-state index in [1.807, 2.05) is 23.8 Å². The van der Waals surface area contributed by atoms with Crippen LogP contribution in [0.25, 0.3) is 5.70 Å². The third-order valence-electron chi connectivity index (χ3n) is 2.52. The minimum absolute atomic E-state index is 0.237. The van der Waals surface area contributed by atoms with Gasteiger partial charge in [0.2, 0.25) is 0 Å². The van der Waals surface area contributed by atoms with Crippen molar-refractivity contribution in [2.75, 3.05) is 0 Å². The van der Waals surface area contributed by atoms with Crippen LogP contribution < -0.4 is 5.73 Å². The van der Waals surface area contributed by atoms with Crippen LogP contribution in [-0.2, 0) is 0 Å². The van der Waals surface area contributed by atoms with Crippen molar-refractivity contribution < 1.29 is 0 Å². The van der Waals surface area contributed by atoms with E-state index in [1.165, 1.54) is 0 Å². The summed E-state index contributed by atoms with van der Waals surface area (Å²) in [5.41, 5.74) is 8.14. The zero-order chi connectivity index (χ0) is 13.6. The Morgan fingerprint density at radius 3 is 2.50 bits per heavy atom. The number of nitrogens with zero attached hydrogens (tertiary/aromatic N) is 2. The smallest absolute Gasteiger partial charge is 0.0991 e. The fourth-order valence-electron chi connectivity index (χ4n) is 1.72. The van der Waals surface area contributed by atoms with Crippen LogP contribution in [0.5, 0.6) is 0 Å². The number of aromatic nitrogens is 2. The molecule has 1 heterocycles. The minimum atomic E-state index is 0.237. The first-order valence-corrected chi connectivity index (χ1v) is 6.20. The summed E-state index contributed by atoms with van der Waals surface area (Å²) in [5, 5.41) is 0. The first-order chi connectivity index (χ1) is 8.46.